The van der Waals surface area contributed by atoms with Crippen LogP contribution in [0.15, 0.2) is 48.7 Å². The molecule has 41 heavy (non-hydrogen) atoms. The number of nitriles is 1. The first-order chi connectivity index (χ1) is 20.0. The van der Waals surface area contributed by atoms with Gasteiger partial charge in [0.2, 0.25) is 5.91 Å². The summed E-state index contributed by atoms with van der Waals surface area (Å²) in [5.74, 6) is -0.354. The number of anilines is 3. The zero-order valence-corrected chi connectivity index (χ0v) is 23.3. The number of nitrogens with zero attached hydrogens (tertiary/aromatic N) is 3. The number of amides is 1. The molecule has 2 fully saturated rings. The van der Waals surface area contributed by atoms with Crippen molar-refractivity contribution in [3.63, 3.8) is 0 Å². The van der Waals surface area contributed by atoms with Crippen LogP contribution in [0.5, 0.6) is 5.75 Å². The van der Waals surface area contributed by atoms with Crippen LogP contribution in [0.2, 0.25) is 5.02 Å². The molecule has 3 heterocycles. The lowest BCUT2D eigenvalue weighted by Gasteiger charge is -2.26. The van der Waals surface area contributed by atoms with E-state index in [4.69, 9.17) is 21.1 Å². The van der Waals surface area contributed by atoms with Gasteiger partial charge in [0.15, 0.2) is 0 Å². The lowest BCUT2D eigenvalue weighted by molar-refractivity contribution is -0.111. The zero-order valence-electron chi connectivity index (χ0n) is 22.6. The molecular formula is C30H32ClFN6O3. The number of rotatable bonds is 10. The number of ether oxygens (including phenoxy) is 2. The first-order valence-corrected chi connectivity index (χ1v) is 14.1. The van der Waals surface area contributed by atoms with Gasteiger partial charge >= 0.3 is 0 Å². The molecule has 2 aliphatic heterocycles. The van der Waals surface area contributed by atoms with E-state index >= 15 is 0 Å². The van der Waals surface area contributed by atoms with Gasteiger partial charge in [0.05, 0.1) is 47.3 Å². The van der Waals surface area contributed by atoms with Crippen LogP contribution in [-0.2, 0) is 9.53 Å². The van der Waals surface area contributed by atoms with Gasteiger partial charge in [0.1, 0.15) is 17.6 Å². The van der Waals surface area contributed by atoms with E-state index in [1.54, 1.807) is 12.1 Å². The van der Waals surface area contributed by atoms with E-state index < -0.39 is 5.82 Å². The first-order valence-electron chi connectivity index (χ1n) is 13.7. The number of hydrogen-bond donors (Lipinski definition) is 3. The second-order valence-corrected chi connectivity index (χ2v) is 10.4. The predicted octanol–water partition coefficient (Wildman–Crippen LogP) is 4.99. The standard InChI is InChI=1S/C30H32ClFN6O3/c31-24-15-22(4-6-25(24)32)36-30-20(18-33)19-35-26-17-28(41-12-2-9-38-10-13-40-14-11-38)27(16-23(26)30)37-29(39)7-5-21-3-1-8-34-21/h4-7,15-17,19,21,34H,1-3,8-14H2,(H,35,36)(H,37,39)/b7-5+. The van der Waals surface area contributed by atoms with Crippen molar-refractivity contribution in [2.45, 2.75) is 25.3 Å². The summed E-state index contributed by atoms with van der Waals surface area (Å²) >= 11 is 5.99. The summed E-state index contributed by atoms with van der Waals surface area (Å²) in [4.78, 5) is 19.7. The molecule has 0 aliphatic carbocycles. The minimum atomic E-state index is -0.543. The van der Waals surface area contributed by atoms with Crippen LogP contribution in [0, 0.1) is 17.1 Å². The normalized spacial score (nSPS) is 17.5. The summed E-state index contributed by atoms with van der Waals surface area (Å²) in [6.45, 7) is 5.55. The molecule has 1 unspecified atom stereocenters. The third-order valence-electron chi connectivity index (χ3n) is 7.09. The monoisotopic (exact) mass is 578 g/mol. The SMILES string of the molecule is N#Cc1cnc2cc(OCCCN3CCOCC3)c(NC(=O)/C=C/C3CCCN3)cc2c1Nc1ccc(F)c(Cl)c1. The van der Waals surface area contributed by atoms with Crippen molar-refractivity contribution < 1.29 is 18.7 Å². The van der Waals surface area contributed by atoms with E-state index in [-0.39, 0.29) is 22.5 Å². The second kappa shape index (κ2) is 13.7. The summed E-state index contributed by atoms with van der Waals surface area (Å²) in [6.07, 6.45) is 7.73. The number of halogens is 2. The number of benzene rings is 2. The zero-order chi connectivity index (χ0) is 28.6. The molecule has 2 aliphatic rings. The Morgan fingerprint density at radius 2 is 2.17 bits per heavy atom. The minimum absolute atomic E-state index is 0.0453. The van der Waals surface area contributed by atoms with Crippen molar-refractivity contribution in [1.82, 2.24) is 15.2 Å². The molecule has 0 spiro atoms. The lowest BCUT2D eigenvalue weighted by atomic mass is 10.1. The van der Waals surface area contributed by atoms with Crippen LogP contribution >= 0.6 is 11.6 Å². The highest BCUT2D eigenvalue weighted by molar-refractivity contribution is 6.31. The van der Waals surface area contributed by atoms with E-state index in [9.17, 15) is 14.4 Å². The smallest absolute Gasteiger partial charge is 0.248 e. The van der Waals surface area contributed by atoms with Gasteiger partial charge in [0.25, 0.3) is 0 Å². The first kappa shape index (κ1) is 28.8. The molecule has 1 atom stereocenters. The van der Waals surface area contributed by atoms with Gasteiger partial charge < -0.3 is 25.4 Å². The van der Waals surface area contributed by atoms with Crippen molar-refractivity contribution >= 4 is 45.5 Å². The average molecular weight is 579 g/mol. The Bertz CT molecular complexity index is 1460. The van der Waals surface area contributed by atoms with Crippen molar-refractivity contribution in [3.8, 4) is 11.8 Å². The van der Waals surface area contributed by atoms with Gasteiger partial charge in [-0.25, -0.2) is 4.39 Å². The summed E-state index contributed by atoms with van der Waals surface area (Å²) in [5.41, 5.74) is 2.25. The number of carbonyl (C=O) groups is 1. The topological polar surface area (TPSA) is 112 Å². The molecule has 0 bridgehead atoms. The quantitative estimate of drug-likeness (QED) is 0.228. The maximum atomic E-state index is 13.8. The van der Waals surface area contributed by atoms with E-state index in [1.807, 2.05) is 6.08 Å². The third-order valence-corrected chi connectivity index (χ3v) is 7.38. The largest absolute Gasteiger partial charge is 0.491 e. The Morgan fingerprint density at radius 3 is 2.93 bits per heavy atom. The predicted molar refractivity (Wildman–Crippen MR) is 157 cm³/mol. The molecule has 0 saturated carbocycles. The van der Waals surface area contributed by atoms with Gasteiger partial charge in [-0.1, -0.05) is 17.7 Å². The molecule has 11 heteroatoms. The van der Waals surface area contributed by atoms with Gasteiger partial charge in [-0.05, 0) is 50.1 Å². The number of fused-ring (bicyclic) bond motifs is 1. The molecular weight excluding hydrogens is 547 g/mol. The van der Waals surface area contributed by atoms with E-state index in [2.05, 4.69) is 31.9 Å². The van der Waals surface area contributed by atoms with Gasteiger partial charge in [-0.3, -0.25) is 14.7 Å². The molecule has 9 nitrogen and oxygen atoms in total. The summed E-state index contributed by atoms with van der Waals surface area (Å²) in [7, 11) is 0. The fourth-order valence-corrected chi connectivity index (χ4v) is 5.10. The van der Waals surface area contributed by atoms with Crippen LogP contribution in [0.1, 0.15) is 24.8 Å². The Labute approximate surface area is 243 Å². The highest BCUT2D eigenvalue weighted by Gasteiger charge is 2.17. The van der Waals surface area contributed by atoms with Crippen molar-refractivity contribution in [2.75, 3.05) is 56.6 Å². The fourth-order valence-electron chi connectivity index (χ4n) is 4.92. The van der Waals surface area contributed by atoms with Crippen LogP contribution in [0.3, 0.4) is 0 Å². The van der Waals surface area contributed by atoms with Crippen molar-refractivity contribution in [3.05, 3.63) is 65.1 Å². The van der Waals surface area contributed by atoms with Crippen LogP contribution in [0.4, 0.5) is 21.5 Å². The molecule has 1 amide bonds. The fraction of sp³-hybridized carbons (Fsp3) is 0.367. The number of hydrogen-bond acceptors (Lipinski definition) is 8. The van der Waals surface area contributed by atoms with Gasteiger partial charge in [-0.2, -0.15) is 5.26 Å². The number of carbonyl (C=O) groups excluding carboxylic acids is 1. The highest BCUT2D eigenvalue weighted by Crippen LogP contribution is 2.36. The molecule has 2 aromatic carbocycles. The van der Waals surface area contributed by atoms with E-state index in [1.165, 1.54) is 30.5 Å². The summed E-state index contributed by atoms with van der Waals surface area (Å²) in [5, 5.41) is 19.8. The molecule has 214 valence electrons. The van der Waals surface area contributed by atoms with Crippen molar-refractivity contribution in [2.24, 2.45) is 0 Å². The van der Waals surface area contributed by atoms with Crippen LogP contribution in [-0.4, -0.2) is 67.8 Å². The Kier molecular flexibility index (Phi) is 9.64. The number of pyridine rings is 1. The minimum Gasteiger partial charge on any atom is -0.491 e. The van der Waals surface area contributed by atoms with Crippen LogP contribution < -0.4 is 20.7 Å². The van der Waals surface area contributed by atoms with E-state index in [0.717, 1.165) is 58.7 Å². The number of nitrogens with one attached hydrogen (secondary N) is 3. The molecule has 1 aromatic heterocycles. The molecule has 2 saturated heterocycles. The average Bonchev–Trinajstić information content (AvgIpc) is 3.51. The number of aromatic nitrogens is 1. The van der Waals surface area contributed by atoms with E-state index in [0.29, 0.717) is 40.3 Å². The maximum Gasteiger partial charge on any atom is 0.248 e. The van der Waals surface area contributed by atoms with Crippen LogP contribution in [0.25, 0.3) is 10.9 Å². The Morgan fingerprint density at radius 1 is 1.32 bits per heavy atom. The molecule has 5 rings (SSSR count). The maximum absolute atomic E-state index is 13.8. The van der Waals surface area contributed by atoms with Gasteiger partial charge in [-0.15, -0.1) is 0 Å². The summed E-state index contributed by atoms with van der Waals surface area (Å²) < 4.78 is 25.3. The second-order valence-electron chi connectivity index (χ2n) is 9.99. The van der Waals surface area contributed by atoms with Crippen molar-refractivity contribution in [1.29, 1.82) is 5.26 Å². The number of morpholine rings is 1. The Hall–Kier alpha value is -3.75. The Balaban J connectivity index is 1.43. The van der Waals surface area contributed by atoms with Gasteiger partial charge in [0, 0.05) is 55.1 Å². The highest BCUT2D eigenvalue weighted by atomic mass is 35.5. The molecule has 0 radical (unpaired) electrons. The summed E-state index contributed by atoms with van der Waals surface area (Å²) in [6, 6.07) is 10.1. The lowest BCUT2D eigenvalue weighted by Crippen LogP contribution is -2.37. The third kappa shape index (κ3) is 7.51. The molecule has 3 N–H and O–H groups in total. The molecule has 3 aromatic rings.